The quantitative estimate of drug-likeness (QED) is 0.716. The highest BCUT2D eigenvalue weighted by molar-refractivity contribution is 7.13. The normalized spacial score (nSPS) is 17.4. The van der Waals surface area contributed by atoms with Crippen molar-refractivity contribution in [3.05, 3.63) is 11.1 Å². The van der Waals surface area contributed by atoms with Crippen molar-refractivity contribution in [2.24, 2.45) is 5.92 Å². The van der Waals surface area contributed by atoms with Crippen LogP contribution in [0.3, 0.4) is 0 Å². The first-order chi connectivity index (χ1) is 10.4. The molecule has 22 heavy (non-hydrogen) atoms. The third kappa shape index (κ3) is 4.80. The zero-order valence-electron chi connectivity index (χ0n) is 12.6. The van der Waals surface area contributed by atoms with Gasteiger partial charge in [0.2, 0.25) is 17.7 Å². The third-order valence-electron chi connectivity index (χ3n) is 3.14. The number of nitrogens with zero attached hydrogens (tertiary/aromatic N) is 1. The first-order valence-electron chi connectivity index (χ1n) is 7.25. The molecule has 0 radical (unpaired) electrons. The number of rotatable bonds is 6. The molecule has 120 valence electrons. The molecule has 7 nitrogen and oxygen atoms in total. The van der Waals surface area contributed by atoms with Crippen LogP contribution in [-0.2, 0) is 20.8 Å². The molecule has 8 heteroatoms. The summed E-state index contributed by atoms with van der Waals surface area (Å²) in [4.78, 5) is 39.0. The second-order valence-corrected chi connectivity index (χ2v) is 6.52. The number of nitrogens with one attached hydrogen (secondary N) is 3. The van der Waals surface area contributed by atoms with Crippen molar-refractivity contribution in [2.45, 2.75) is 39.2 Å². The van der Waals surface area contributed by atoms with Crippen molar-refractivity contribution < 1.29 is 14.4 Å². The van der Waals surface area contributed by atoms with Crippen molar-refractivity contribution in [1.82, 2.24) is 15.6 Å². The zero-order chi connectivity index (χ0) is 16.1. The Bertz CT molecular complexity index is 570. The zero-order valence-corrected chi connectivity index (χ0v) is 13.5. The van der Waals surface area contributed by atoms with E-state index in [0.717, 1.165) is 0 Å². The molecule has 2 rings (SSSR count). The van der Waals surface area contributed by atoms with Gasteiger partial charge in [0.1, 0.15) is 6.04 Å². The highest BCUT2D eigenvalue weighted by atomic mass is 32.1. The summed E-state index contributed by atoms with van der Waals surface area (Å²) in [5.74, 6) is -0.0615. The van der Waals surface area contributed by atoms with Gasteiger partial charge in [-0.2, -0.15) is 0 Å². The van der Waals surface area contributed by atoms with Crippen LogP contribution in [-0.4, -0.2) is 35.3 Å². The van der Waals surface area contributed by atoms with E-state index in [0.29, 0.717) is 36.1 Å². The minimum absolute atomic E-state index is 0.0834. The van der Waals surface area contributed by atoms with Crippen molar-refractivity contribution in [3.63, 3.8) is 0 Å². The molecule has 0 spiro atoms. The monoisotopic (exact) mass is 324 g/mol. The molecular formula is C14H20N4O3S. The fourth-order valence-electron chi connectivity index (χ4n) is 1.99. The van der Waals surface area contributed by atoms with Gasteiger partial charge in [0.15, 0.2) is 5.13 Å². The number of hydrogen-bond donors (Lipinski definition) is 3. The molecule has 3 N–H and O–H groups in total. The number of aromatic nitrogens is 1. The molecule has 0 bridgehead atoms. The van der Waals surface area contributed by atoms with Gasteiger partial charge in [-0.1, -0.05) is 13.8 Å². The number of carbonyl (C=O) groups excluding carboxylic acids is 3. The Morgan fingerprint density at radius 2 is 2.27 bits per heavy atom. The van der Waals surface area contributed by atoms with Gasteiger partial charge in [0.05, 0.1) is 12.1 Å². The predicted molar refractivity (Wildman–Crippen MR) is 83.5 cm³/mol. The number of hydrogen-bond acceptors (Lipinski definition) is 5. The third-order valence-corrected chi connectivity index (χ3v) is 3.95. The summed E-state index contributed by atoms with van der Waals surface area (Å²) >= 11 is 1.27. The van der Waals surface area contributed by atoms with Crippen LogP contribution in [0.5, 0.6) is 0 Å². The van der Waals surface area contributed by atoms with Gasteiger partial charge in [-0.3, -0.25) is 14.4 Å². The first-order valence-corrected chi connectivity index (χ1v) is 8.13. The Kier molecular flexibility index (Phi) is 5.48. The van der Waals surface area contributed by atoms with Crippen molar-refractivity contribution in [1.29, 1.82) is 0 Å². The molecule has 2 heterocycles. The van der Waals surface area contributed by atoms with Crippen molar-refractivity contribution in [3.8, 4) is 0 Å². The summed E-state index contributed by atoms with van der Waals surface area (Å²) in [5.41, 5.74) is 0.622. The molecule has 1 aromatic rings. The molecule has 1 fully saturated rings. The van der Waals surface area contributed by atoms with Crippen LogP contribution < -0.4 is 16.0 Å². The second-order valence-electron chi connectivity index (χ2n) is 5.67. The fourth-order valence-corrected chi connectivity index (χ4v) is 2.71. The van der Waals surface area contributed by atoms with Gasteiger partial charge in [-0.05, 0) is 12.3 Å². The van der Waals surface area contributed by atoms with Crippen LogP contribution in [0.1, 0.15) is 32.4 Å². The van der Waals surface area contributed by atoms with E-state index >= 15 is 0 Å². The van der Waals surface area contributed by atoms with E-state index < -0.39 is 6.04 Å². The van der Waals surface area contributed by atoms with Gasteiger partial charge >= 0.3 is 0 Å². The predicted octanol–water partition coefficient (Wildman–Crippen LogP) is 0.675. The average Bonchev–Trinajstić information content (AvgIpc) is 3.06. The molecule has 3 amide bonds. The van der Waals surface area contributed by atoms with E-state index in [2.05, 4.69) is 20.9 Å². The Morgan fingerprint density at radius 3 is 2.91 bits per heavy atom. The lowest BCUT2D eigenvalue weighted by Crippen LogP contribution is -2.37. The standard InChI is InChI=1S/C14H20N4O3S/c1-8(2)6-15-12(20)5-9-7-22-14(16-9)18-13(21)10-3-4-11(19)17-10/h7-8,10H,3-6H2,1-2H3,(H,15,20)(H,17,19)(H,16,18,21). The molecule has 1 aromatic heterocycles. The first kappa shape index (κ1) is 16.4. The highest BCUT2D eigenvalue weighted by Crippen LogP contribution is 2.17. The summed E-state index contributed by atoms with van der Waals surface area (Å²) in [6.07, 6.45) is 1.07. The van der Waals surface area contributed by atoms with E-state index in [-0.39, 0.29) is 24.1 Å². The molecule has 0 aromatic carbocycles. The number of amides is 3. The highest BCUT2D eigenvalue weighted by Gasteiger charge is 2.27. The minimum Gasteiger partial charge on any atom is -0.356 e. The second kappa shape index (κ2) is 7.35. The van der Waals surface area contributed by atoms with Gasteiger partial charge < -0.3 is 16.0 Å². The fraction of sp³-hybridized carbons (Fsp3) is 0.571. The number of thiazole rings is 1. The van der Waals surface area contributed by atoms with E-state index in [4.69, 9.17) is 0 Å². The maximum absolute atomic E-state index is 11.9. The number of anilines is 1. The smallest absolute Gasteiger partial charge is 0.248 e. The summed E-state index contributed by atoms with van der Waals surface area (Å²) in [7, 11) is 0. The van der Waals surface area contributed by atoms with Gasteiger partial charge in [-0.25, -0.2) is 4.98 Å². The molecule has 1 atom stereocenters. The summed E-state index contributed by atoms with van der Waals surface area (Å²) in [6, 6.07) is -0.491. The lowest BCUT2D eigenvalue weighted by molar-refractivity contribution is -0.122. The van der Waals surface area contributed by atoms with Crippen LogP contribution in [0.4, 0.5) is 5.13 Å². The largest absolute Gasteiger partial charge is 0.356 e. The Labute approximate surface area is 132 Å². The topological polar surface area (TPSA) is 100 Å². The van der Waals surface area contributed by atoms with Crippen LogP contribution in [0.2, 0.25) is 0 Å². The Balaban J connectivity index is 1.82. The average molecular weight is 324 g/mol. The van der Waals surface area contributed by atoms with E-state index in [1.807, 2.05) is 13.8 Å². The van der Waals surface area contributed by atoms with Gasteiger partial charge in [0.25, 0.3) is 0 Å². The van der Waals surface area contributed by atoms with Crippen LogP contribution in [0.15, 0.2) is 5.38 Å². The SMILES string of the molecule is CC(C)CNC(=O)Cc1csc(NC(=O)C2CCC(=O)N2)n1. The summed E-state index contributed by atoms with van der Waals surface area (Å²) in [6.45, 7) is 4.69. The van der Waals surface area contributed by atoms with E-state index in [1.165, 1.54) is 11.3 Å². The minimum atomic E-state index is -0.491. The van der Waals surface area contributed by atoms with Crippen LogP contribution >= 0.6 is 11.3 Å². The van der Waals surface area contributed by atoms with Crippen molar-refractivity contribution in [2.75, 3.05) is 11.9 Å². The van der Waals surface area contributed by atoms with Crippen LogP contribution in [0.25, 0.3) is 0 Å². The molecule has 1 aliphatic heterocycles. The lowest BCUT2D eigenvalue weighted by Gasteiger charge is -2.08. The Hall–Kier alpha value is -1.96. The van der Waals surface area contributed by atoms with Crippen LogP contribution in [0, 0.1) is 5.92 Å². The van der Waals surface area contributed by atoms with Crippen molar-refractivity contribution >= 4 is 34.2 Å². The maximum atomic E-state index is 11.9. The number of carbonyl (C=O) groups is 3. The molecular weight excluding hydrogens is 304 g/mol. The molecule has 0 saturated carbocycles. The maximum Gasteiger partial charge on any atom is 0.248 e. The lowest BCUT2D eigenvalue weighted by atomic mass is 10.2. The molecule has 1 aliphatic rings. The van der Waals surface area contributed by atoms with Gasteiger partial charge in [0, 0.05) is 18.3 Å². The van der Waals surface area contributed by atoms with Gasteiger partial charge in [-0.15, -0.1) is 11.3 Å². The molecule has 1 saturated heterocycles. The van der Waals surface area contributed by atoms with E-state index in [9.17, 15) is 14.4 Å². The summed E-state index contributed by atoms with van der Waals surface area (Å²) in [5, 5.41) is 10.3. The summed E-state index contributed by atoms with van der Waals surface area (Å²) < 4.78 is 0. The Morgan fingerprint density at radius 1 is 1.50 bits per heavy atom. The van der Waals surface area contributed by atoms with E-state index in [1.54, 1.807) is 5.38 Å². The molecule has 1 unspecified atom stereocenters. The molecule has 0 aliphatic carbocycles.